The number of carbonyl (C=O) groups excluding carboxylic acids is 1. The van der Waals surface area contributed by atoms with Gasteiger partial charge in [-0.2, -0.15) is 0 Å². The van der Waals surface area contributed by atoms with Crippen molar-refractivity contribution in [2.75, 3.05) is 36.5 Å². The molecular weight excluding hydrogens is 352 g/mol. The zero-order valence-corrected chi connectivity index (χ0v) is 15.2. The fourth-order valence-electron chi connectivity index (χ4n) is 3.02. The Balaban J connectivity index is 1.58. The van der Waals surface area contributed by atoms with Crippen LogP contribution in [-0.2, 0) is 14.3 Å². The van der Waals surface area contributed by atoms with Gasteiger partial charge in [0.05, 0.1) is 19.6 Å². The van der Waals surface area contributed by atoms with Crippen molar-refractivity contribution < 1.29 is 19.4 Å². The summed E-state index contributed by atoms with van der Waals surface area (Å²) >= 11 is 1.48. The second kappa shape index (κ2) is 8.82. The maximum Gasteiger partial charge on any atom is 0.304 e. The molecule has 1 unspecified atom stereocenters. The molecule has 1 atom stereocenters. The summed E-state index contributed by atoms with van der Waals surface area (Å²) in [6, 6.07) is 11.5. The molecule has 1 aromatic carbocycles. The predicted octanol–water partition coefficient (Wildman–Crippen LogP) is 3.17. The second-order valence-corrected chi connectivity index (χ2v) is 7.19. The average molecular weight is 374 g/mol. The molecule has 1 saturated heterocycles. The van der Waals surface area contributed by atoms with Crippen LogP contribution in [0, 0.1) is 0 Å². The maximum absolute atomic E-state index is 12.4. The standard InChI is InChI=1S/C19H22N2O4S/c22-18(12-14(13-19(23)24)17-2-1-11-26-17)20-15-3-5-16(6-4-15)21-7-9-25-10-8-21/h1-6,11,14H,7-10,12-13H2,(H,20,22)(H,23,24). The van der Waals surface area contributed by atoms with Crippen molar-refractivity contribution >= 4 is 34.6 Å². The molecule has 0 spiro atoms. The summed E-state index contributed by atoms with van der Waals surface area (Å²) in [4.78, 5) is 26.6. The lowest BCUT2D eigenvalue weighted by atomic mass is 9.99. The summed E-state index contributed by atoms with van der Waals surface area (Å²) in [6.07, 6.45) is 0.0991. The third-order valence-electron chi connectivity index (χ3n) is 4.33. The van der Waals surface area contributed by atoms with E-state index in [4.69, 9.17) is 9.84 Å². The summed E-state index contributed by atoms with van der Waals surface area (Å²) in [6.45, 7) is 3.19. The summed E-state index contributed by atoms with van der Waals surface area (Å²) in [5, 5.41) is 13.9. The highest BCUT2D eigenvalue weighted by atomic mass is 32.1. The van der Waals surface area contributed by atoms with E-state index >= 15 is 0 Å². The molecule has 0 radical (unpaired) electrons. The third kappa shape index (κ3) is 5.06. The molecule has 2 heterocycles. The van der Waals surface area contributed by atoms with Crippen LogP contribution in [0.1, 0.15) is 23.6 Å². The number of carbonyl (C=O) groups is 2. The van der Waals surface area contributed by atoms with E-state index in [1.165, 1.54) is 11.3 Å². The van der Waals surface area contributed by atoms with Gasteiger partial charge in [0, 0.05) is 41.7 Å². The molecule has 1 fully saturated rings. The van der Waals surface area contributed by atoms with Gasteiger partial charge in [0.25, 0.3) is 0 Å². The van der Waals surface area contributed by atoms with Crippen molar-refractivity contribution in [1.82, 2.24) is 0 Å². The highest BCUT2D eigenvalue weighted by Crippen LogP contribution is 2.28. The highest BCUT2D eigenvalue weighted by Gasteiger charge is 2.20. The van der Waals surface area contributed by atoms with Gasteiger partial charge in [-0.25, -0.2) is 0 Å². The average Bonchev–Trinajstić information content (AvgIpc) is 3.17. The summed E-state index contributed by atoms with van der Waals surface area (Å²) in [7, 11) is 0. The smallest absolute Gasteiger partial charge is 0.304 e. The van der Waals surface area contributed by atoms with E-state index in [9.17, 15) is 9.59 Å². The van der Waals surface area contributed by atoms with Gasteiger partial charge < -0.3 is 20.1 Å². The van der Waals surface area contributed by atoms with Crippen molar-refractivity contribution in [2.24, 2.45) is 0 Å². The Bertz CT molecular complexity index is 725. The molecule has 2 aromatic rings. The van der Waals surface area contributed by atoms with Crippen LogP contribution >= 0.6 is 11.3 Å². The molecule has 2 N–H and O–H groups in total. The molecule has 1 aliphatic rings. The first-order valence-corrected chi connectivity index (χ1v) is 9.47. The van der Waals surface area contributed by atoms with Gasteiger partial charge in [0.2, 0.25) is 5.91 Å². The van der Waals surface area contributed by atoms with E-state index in [1.807, 2.05) is 41.8 Å². The number of nitrogens with one attached hydrogen (secondary N) is 1. The minimum absolute atomic E-state index is 0.0517. The number of ether oxygens (including phenoxy) is 1. The number of carboxylic acid groups (broad SMARTS) is 1. The molecule has 3 rings (SSSR count). The number of anilines is 2. The molecule has 6 nitrogen and oxygen atoms in total. The SMILES string of the molecule is O=C(O)CC(CC(=O)Nc1ccc(N2CCOCC2)cc1)c1cccs1. The minimum Gasteiger partial charge on any atom is -0.481 e. The second-order valence-electron chi connectivity index (χ2n) is 6.21. The molecule has 1 amide bonds. The Labute approximate surface area is 156 Å². The van der Waals surface area contributed by atoms with Crippen molar-refractivity contribution in [1.29, 1.82) is 0 Å². The van der Waals surface area contributed by atoms with Gasteiger partial charge in [-0.15, -0.1) is 11.3 Å². The Morgan fingerprint density at radius 2 is 1.88 bits per heavy atom. The highest BCUT2D eigenvalue weighted by molar-refractivity contribution is 7.10. The van der Waals surface area contributed by atoms with E-state index in [2.05, 4.69) is 10.2 Å². The van der Waals surface area contributed by atoms with Gasteiger partial charge in [-0.05, 0) is 35.7 Å². The monoisotopic (exact) mass is 374 g/mol. The molecule has 0 aliphatic carbocycles. The zero-order valence-electron chi connectivity index (χ0n) is 14.4. The van der Waals surface area contributed by atoms with E-state index in [0.717, 1.165) is 36.9 Å². The molecule has 0 saturated carbocycles. The predicted molar refractivity (Wildman–Crippen MR) is 102 cm³/mol. The van der Waals surface area contributed by atoms with Crippen LogP contribution in [0.15, 0.2) is 41.8 Å². The lowest BCUT2D eigenvalue weighted by Gasteiger charge is -2.28. The van der Waals surface area contributed by atoms with Crippen LogP contribution < -0.4 is 10.2 Å². The summed E-state index contributed by atoms with van der Waals surface area (Å²) < 4.78 is 5.35. The number of thiophene rings is 1. The fraction of sp³-hybridized carbons (Fsp3) is 0.368. The lowest BCUT2D eigenvalue weighted by Crippen LogP contribution is -2.36. The van der Waals surface area contributed by atoms with Crippen LogP contribution in [0.2, 0.25) is 0 Å². The van der Waals surface area contributed by atoms with E-state index in [-0.39, 0.29) is 24.7 Å². The Morgan fingerprint density at radius 3 is 2.50 bits per heavy atom. The number of hydrogen-bond donors (Lipinski definition) is 2. The van der Waals surface area contributed by atoms with Gasteiger partial charge >= 0.3 is 5.97 Å². The third-order valence-corrected chi connectivity index (χ3v) is 5.36. The molecule has 26 heavy (non-hydrogen) atoms. The van der Waals surface area contributed by atoms with E-state index in [1.54, 1.807) is 0 Å². The first kappa shape index (κ1) is 18.4. The van der Waals surface area contributed by atoms with Gasteiger partial charge in [0.1, 0.15) is 0 Å². The first-order valence-electron chi connectivity index (χ1n) is 8.59. The number of rotatable bonds is 7. The number of nitrogens with zero attached hydrogens (tertiary/aromatic N) is 1. The van der Waals surface area contributed by atoms with Crippen LogP contribution in [0.5, 0.6) is 0 Å². The van der Waals surface area contributed by atoms with E-state index in [0.29, 0.717) is 5.69 Å². The van der Waals surface area contributed by atoms with Crippen molar-refractivity contribution in [3.05, 3.63) is 46.7 Å². The largest absolute Gasteiger partial charge is 0.481 e. The molecule has 138 valence electrons. The topological polar surface area (TPSA) is 78.9 Å². The van der Waals surface area contributed by atoms with Crippen molar-refractivity contribution in [3.8, 4) is 0 Å². The number of aliphatic carboxylic acids is 1. The summed E-state index contributed by atoms with van der Waals surface area (Å²) in [5.74, 6) is -1.38. The van der Waals surface area contributed by atoms with Crippen molar-refractivity contribution in [2.45, 2.75) is 18.8 Å². The quantitative estimate of drug-likeness (QED) is 0.778. The molecule has 0 bridgehead atoms. The molecule has 1 aromatic heterocycles. The van der Waals surface area contributed by atoms with Crippen molar-refractivity contribution in [3.63, 3.8) is 0 Å². The lowest BCUT2D eigenvalue weighted by molar-refractivity contribution is -0.137. The molecule has 1 aliphatic heterocycles. The number of amides is 1. The Kier molecular flexibility index (Phi) is 6.25. The van der Waals surface area contributed by atoms with E-state index < -0.39 is 5.97 Å². The van der Waals surface area contributed by atoms with Crippen LogP contribution in [0.3, 0.4) is 0 Å². The van der Waals surface area contributed by atoms with Crippen LogP contribution in [0.25, 0.3) is 0 Å². The molecule has 7 heteroatoms. The normalized spacial score (nSPS) is 15.5. The summed E-state index contributed by atoms with van der Waals surface area (Å²) in [5.41, 5.74) is 1.82. The van der Waals surface area contributed by atoms with Gasteiger partial charge in [-0.1, -0.05) is 6.07 Å². The Morgan fingerprint density at radius 1 is 1.15 bits per heavy atom. The number of morpholine rings is 1. The zero-order chi connectivity index (χ0) is 18.4. The first-order chi connectivity index (χ1) is 12.6. The number of benzene rings is 1. The molecular formula is C19H22N2O4S. The number of hydrogen-bond acceptors (Lipinski definition) is 5. The van der Waals surface area contributed by atoms with Gasteiger partial charge in [0.15, 0.2) is 0 Å². The number of carboxylic acids is 1. The fourth-order valence-corrected chi connectivity index (χ4v) is 3.85. The van der Waals surface area contributed by atoms with Crippen LogP contribution in [0.4, 0.5) is 11.4 Å². The van der Waals surface area contributed by atoms with Crippen LogP contribution in [-0.4, -0.2) is 43.3 Å². The Hall–Kier alpha value is -2.38. The van der Waals surface area contributed by atoms with Gasteiger partial charge in [-0.3, -0.25) is 9.59 Å². The minimum atomic E-state index is -0.897. The maximum atomic E-state index is 12.4.